The number of hydrogen-bond donors (Lipinski definition) is 2. The van der Waals surface area contributed by atoms with E-state index in [4.69, 9.17) is 14.2 Å². The number of carbonyl (C=O) groups excluding carboxylic acids is 5. The van der Waals surface area contributed by atoms with Crippen LogP contribution in [-0.4, -0.2) is 93.1 Å². The molecule has 2 unspecified atom stereocenters. The van der Waals surface area contributed by atoms with Gasteiger partial charge < -0.3 is 38.6 Å². The molecule has 2 fully saturated rings. The average molecular weight is 1000 g/mol. The second kappa shape index (κ2) is 20.3. The molecule has 0 radical (unpaired) electrons. The number of rotatable bonds is 12. The monoisotopic (exact) mass is 1000 g/mol. The van der Waals surface area contributed by atoms with Gasteiger partial charge in [-0.2, -0.15) is 0 Å². The van der Waals surface area contributed by atoms with E-state index in [1.807, 2.05) is 6.07 Å². The van der Waals surface area contributed by atoms with Crippen LogP contribution in [0.5, 0.6) is 28.9 Å². The number of hydrogen-bond acceptors (Lipinski definition) is 12. The molecule has 73 heavy (non-hydrogen) atoms. The number of nitrogens with one attached hydrogen (secondary N) is 2. The van der Waals surface area contributed by atoms with Crippen LogP contribution in [0.15, 0.2) is 77.9 Å². The van der Waals surface area contributed by atoms with Gasteiger partial charge in [0.1, 0.15) is 23.7 Å². The van der Waals surface area contributed by atoms with Crippen LogP contribution >= 0.6 is 0 Å². The molecule has 376 valence electrons. The predicted molar refractivity (Wildman–Crippen MR) is 255 cm³/mol. The van der Waals surface area contributed by atoms with Crippen molar-refractivity contribution < 1.29 is 60.5 Å². The average Bonchev–Trinajstić information content (AvgIpc) is 3.68. The molecule has 3 aliphatic heterocycles. The number of aryl methyl sites for hydroxylation is 1. The van der Waals surface area contributed by atoms with Crippen molar-refractivity contribution in [2.45, 2.75) is 64.4 Å². The highest BCUT2D eigenvalue weighted by Crippen LogP contribution is 2.37. The molecule has 2 saturated heterocycles. The first-order valence-electron chi connectivity index (χ1n) is 23.1. The normalized spacial score (nSPS) is 16.7. The highest BCUT2D eigenvalue weighted by Gasteiger charge is 2.39. The van der Waals surface area contributed by atoms with Crippen molar-refractivity contribution in [1.82, 2.24) is 29.7 Å². The van der Waals surface area contributed by atoms with Gasteiger partial charge in [-0.05, 0) is 92.8 Å². The third-order valence-corrected chi connectivity index (χ3v) is 12.9. The van der Waals surface area contributed by atoms with Crippen molar-refractivity contribution in [2.75, 3.05) is 32.1 Å². The lowest BCUT2D eigenvalue weighted by Gasteiger charge is -2.30. The molecule has 17 nitrogen and oxygen atoms in total. The van der Waals surface area contributed by atoms with Crippen LogP contribution in [0.1, 0.15) is 76.1 Å². The summed E-state index contributed by atoms with van der Waals surface area (Å²) in [5, 5.41) is 4.94. The first-order chi connectivity index (χ1) is 34.9. The van der Waals surface area contributed by atoms with Crippen molar-refractivity contribution in [3.63, 3.8) is 0 Å². The molecule has 2 aromatic heterocycles. The van der Waals surface area contributed by atoms with E-state index in [0.717, 1.165) is 42.2 Å². The summed E-state index contributed by atoms with van der Waals surface area (Å²) in [4.78, 5) is 89.2. The summed E-state index contributed by atoms with van der Waals surface area (Å²) in [6.07, 6.45) is -1.10. The Labute approximate surface area is 413 Å². The molecule has 9 rings (SSSR count). The number of pyridine rings is 1. The molecule has 0 saturated carbocycles. The Balaban J connectivity index is 0.790. The molecule has 2 N–H and O–H groups in total. The zero-order chi connectivity index (χ0) is 51.7. The first kappa shape index (κ1) is 49.4. The van der Waals surface area contributed by atoms with Crippen LogP contribution in [0.2, 0.25) is 0 Å². The van der Waals surface area contributed by atoms with Crippen LogP contribution < -0.4 is 35.0 Å². The summed E-state index contributed by atoms with van der Waals surface area (Å²) in [7, 11) is 2.97. The van der Waals surface area contributed by atoms with Crippen LogP contribution in [0.4, 0.5) is 23.2 Å². The standard InChI is InChI=1S/C52H45F4N7O10/c1-28-46(47(66)36-22-33(73-52(54,55)56)12-14-39(36)61(28)2)49(68)59-32-11-16-41(37(53)21-32)72-50-35-23-42(70-3)43(24-38(35)57-27-58-50)71-19-5-7-45(65)62-18-4-6-30(25-62)9-8-29-10-13-34-31(20-29)26-63(51(34)69)40-15-17-44(64)60-48(40)67/h10-14,16,20-24,27,30,40H,4-7,15,17-19,25-26H2,1-3H3,(H,59,68)(H,60,64,67). The van der Waals surface area contributed by atoms with Gasteiger partial charge in [-0.25, -0.2) is 14.4 Å². The number of fused-ring (bicyclic) bond motifs is 3. The Morgan fingerprint density at radius 2 is 1.77 bits per heavy atom. The van der Waals surface area contributed by atoms with Gasteiger partial charge in [-0.1, -0.05) is 11.8 Å². The van der Waals surface area contributed by atoms with E-state index < -0.39 is 41.2 Å². The van der Waals surface area contributed by atoms with Crippen LogP contribution in [0.3, 0.4) is 0 Å². The van der Waals surface area contributed by atoms with E-state index in [-0.39, 0.29) is 101 Å². The van der Waals surface area contributed by atoms with Crippen LogP contribution in [0.25, 0.3) is 21.8 Å². The highest BCUT2D eigenvalue weighted by atomic mass is 19.4. The fourth-order valence-corrected chi connectivity index (χ4v) is 9.18. The lowest BCUT2D eigenvalue weighted by Crippen LogP contribution is -2.52. The SMILES string of the molecule is COc1cc2c(Oc3ccc(NC(=O)c4c(C)n(C)c5ccc(OC(F)(F)F)cc5c4=O)cc3F)ncnc2cc1OCCCC(=O)N1CCCC(C#Cc2ccc3c(c2)CN(C2CCC(=O)NC2=O)C3=O)C1. The van der Waals surface area contributed by atoms with E-state index in [9.17, 15) is 41.9 Å². The van der Waals surface area contributed by atoms with Gasteiger partial charge in [0.25, 0.3) is 11.8 Å². The Bertz CT molecular complexity index is 3390. The quantitative estimate of drug-likeness (QED) is 0.0547. The molecule has 0 bridgehead atoms. The maximum atomic E-state index is 15.6. The first-order valence-corrected chi connectivity index (χ1v) is 23.1. The van der Waals surface area contributed by atoms with E-state index in [0.29, 0.717) is 41.7 Å². The van der Waals surface area contributed by atoms with Crippen LogP contribution in [-0.2, 0) is 28.0 Å². The summed E-state index contributed by atoms with van der Waals surface area (Å²) in [5.74, 6) is 3.21. The van der Waals surface area contributed by atoms with Gasteiger partial charge in [0.2, 0.25) is 29.0 Å². The van der Waals surface area contributed by atoms with E-state index in [1.54, 1.807) is 29.2 Å². The van der Waals surface area contributed by atoms with Gasteiger partial charge >= 0.3 is 6.36 Å². The molecule has 0 aliphatic carbocycles. The fraction of sp³-hybridized carbons (Fsp3) is 0.308. The minimum absolute atomic E-state index is 0.0342. The van der Waals surface area contributed by atoms with Crippen molar-refractivity contribution in [2.24, 2.45) is 13.0 Å². The number of methoxy groups -OCH3 is 1. The van der Waals surface area contributed by atoms with Gasteiger partial charge in [0.05, 0.1) is 35.5 Å². The summed E-state index contributed by atoms with van der Waals surface area (Å²) in [6, 6.07) is 14.6. The Hall–Kier alpha value is -8.54. The van der Waals surface area contributed by atoms with E-state index in [2.05, 4.69) is 37.2 Å². The number of alkyl halides is 3. The Morgan fingerprint density at radius 1 is 0.945 bits per heavy atom. The molecular formula is C52H45F4N7O10. The van der Waals surface area contributed by atoms with Crippen molar-refractivity contribution in [1.29, 1.82) is 0 Å². The molecule has 4 aromatic carbocycles. The molecule has 3 aliphatic rings. The number of carbonyl (C=O) groups is 5. The molecule has 2 atom stereocenters. The smallest absolute Gasteiger partial charge is 0.493 e. The Morgan fingerprint density at radius 3 is 2.53 bits per heavy atom. The predicted octanol–water partition coefficient (Wildman–Crippen LogP) is 7.09. The zero-order valence-corrected chi connectivity index (χ0v) is 39.5. The van der Waals surface area contributed by atoms with E-state index in [1.165, 1.54) is 55.1 Å². The number of benzene rings is 4. The summed E-state index contributed by atoms with van der Waals surface area (Å²) >= 11 is 0. The fourth-order valence-electron chi connectivity index (χ4n) is 9.18. The molecule has 5 heterocycles. The molecule has 0 spiro atoms. The number of likely N-dealkylation sites (tertiary alicyclic amines) is 1. The highest BCUT2D eigenvalue weighted by molar-refractivity contribution is 6.07. The maximum absolute atomic E-state index is 15.6. The topological polar surface area (TPSA) is 201 Å². The van der Waals surface area contributed by atoms with Crippen molar-refractivity contribution in [3.05, 3.63) is 117 Å². The number of ether oxygens (including phenoxy) is 4. The lowest BCUT2D eigenvalue weighted by molar-refractivity contribution is -0.274. The molecule has 6 aromatic rings. The lowest BCUT2D eigenvalue weighted by atomic mass is 9.97. The third kappa shape index (κ3) is 10.6. The molecule has 21 heteroatoms. The van der Waals surface area contributed by atoms with Gasteiger partial charge in [0.15, 0.2) is 23.1 Å². The van der Waals surface area contributed by atoms with Gasteiger partial charge in [0, 0.05) is 80.1 Å². The van der Waals surface area contributed by atoms with Crippen LogP contribution in [0, 0.1) is 30.5 Å². The van der Waals surface area contributed by atoms with E-state index >= 15 is 4.39 Å². The van der Waals surface area contributed by atoms with Gasteiger partial charge in [-0.3, -0.25) is 34.1 Å². The minimum atomic E-state index is -5.00. The number of amides is 5. The number of aromatic nitrogens is 3. The maximum Gasteiger partial charge on any atom is 0.573 e. The minimum Gasteiger partial charge on any atom is -0.493 e. The summed E-state index contributed by atoms with van der Waals surface area (Å²) in [6.45, 7) is 2.99. The number of halogens is 4. The second-order valence-corrected chi connectivity index (χ2v) is 17.6. The number of imide groups is 1. The summed E-state index contributed by atoms with van der Waals surface area (Å²) < 4.78 is 77.3. The summed E-state index contributed by atoms with van der Waals surface area (Å²) in [5.41, 5.74) is 1.57. The third-order valence-electron chi connectivity index (χ3n) is 12.9. The largest absolute Gasteiger partial charge is 0.573 e. The number of nitrogens with zero attached hydrogens (tertiary/aromatic N) is 5. The second-order valence-electron chi connectivity index (χ2n) is 17.6. The number of piperidine rings is 2. The molecular weight excluding hydrogens is 959 g/mol. The Kier molecular flexibility index (Phi) is 13.7. The van der Waals surface area contributed by atoms with Gasteiger partial charge in [-0.15, -0.1) is 13.2 Å². The van der Waals surface area contributed by atoms with Crippen molar-refractivity contribution >= 4 is 57.0 Å². The van der Waals surface area contributed by atoms with Crippen molar-refractivity contribution in [3.8, 4) is 40.7 Å². The number of anilines is 1. The molecule has 5 amide bonds. The zero-order valence-electron chi connectivity index (χ0n) is 39.5.